The maximum Gasteiger partial charge on any atom is 0.263 e. The maximum atomic E-state index is 13.5. The Hall–Kier alpha value is -2.54. The van der Waals surface area contributed by atoms with Gasteiger partial charge in [0, 0.05) is 26.2 Å². The molecule has 0 spiro atoms. The summed E-state index contributed by atoms with van der Waals surface area (Å²) in [5.74, 6) is 1.47. The molecule has 1 aliphatic rings. The highest BCUT2D eigenvalue weighted by atomic mass is 32.1. The van der Waals surface area contributed by atoms with Crippen LogP contribution >= 0.6 is 11.3 Å². The van der Waals surface area contributed by atoms with Gasteiger partial charge < -0.3 is 19.3 Å². The number of likely N-dealkylation sites (tertiary alicyclic amines) is 1. The van der Waals surface area contributed by atoms with Crippen molar-refractivity contribution < 1.29 is 19.1 Å². The summed E-state index contributed by atoms with van der Waals surface area (Å²) in [5, 5.41) is 1.91. The Labute approximate surface area is 201 Å². The lowest BCUT2D eigenvalue weighted by atomic mass is 9.96. The number of carbonyl (C=O) groups excluding carboxylic acids is 2. The van der Waals surface area contributed by atoms with E-state index < -0.39 is 0 Å². The summed E-state index contributed by atoms with van der Waals surface area (Å²) in [6.07, 6.45) is 3.48. The molecule has 1 aliphatic heterocycles. The van der Waals surface area contributed by atoms with Gasteiger partial charge in [0.2, 0.25) is 5.91 Å². The number of amides is 2. The number of hydrogen-bond acceptors (Lipinski definition) is 5. The molecule has 2 aromatic rings. The summed E-state index contributed by atoms with van der Waals surface area (Å²) in [7, 11) is 0. The van der Waals surface area contributed by atoms with Gasteiger partial charge in [0.25, 0.3) is 5.91 Å². The molecule has 2 amide bonds. The van der Waals surface area contributed by atoms with E-state index in [1.54, 1.807) is 0 Å². The number of rotatable bonds is 11. The van der Waals surface area contributed by atoms with E-state index in [2.05, 4.69) is 13.8 Å². The quantitative estimate of drug-likeness (QED) is 0.450. The molecule has 1 saturated heterocycles. The molecule has 3 rings (SSSR count). The van der Waals surface area contributed by atoms with E-state index >= 15 is 0 Å². The van der Waals surface area contributed by atoms with E-state index in [-0.39, 0.29) is 17.7 Å². The lowest BCUT2D eigenvalue weighted by molar-refractivity contribution is -0.137. The van der Waals surface area contributed by atoms with Crippen LogP contribution in [-0.4, -0.2) is 54.5 Å². The fourth-order valence-corrected chi connectivity index (χ4v) is 4.88. The summed E-state index contributed by atoms with van der Waals surface area (Å²) in [5.41, 5.74) is 1.02. The summed E-state index contributed by atoms with van der Waals surface area (Å²) >= 11 is 1.45. The number of benzene rings is 1. The molecule has 1 atom stereocenters. The third-order valence-electron chi connectivity index (χ3n) is 5.74. The van der Waals surface area contributed by atoms with Crippen LogP contribution in [0.2, 0.25) is 0 Å². The smallest absolute Gasteiger partial charge is 0.263 e. The average Bonchev–Trinajstić information content (AvgIpc) is 3.38. The van der Waals surface area contributed by atoms with Gasteiger partial charge in [-0.15, -0.1) is 11.3 Å². The Balaban J connectivity index is 1.70. The van der Waals surface area contributed by atoms with Crippen LogP contribution in [0.5, 0.6) is 11.5 Å². The molecule has 2 heterocycles. The number of ether oxygens (including phenoxy) is 2. The van der Waals surface area contributed by atoms with E-state index in [4.69, 9.17) is 9.47 Å². The van der Waals surface area contributed by atoms with Crippen LogP contribution in [0.4, 0.5) is 0 Å². The lowest BCUT2D eigenvalue weighted by Gasteiger charge is -2.35. The predicted octanol–water partition coefficient (Wildman–Crippen LogP) is 5.23. The van der Waals surface area contributed by atoms with Crippen molar-refractivity contribution >= 4 is 23.2 Å². The first kappa shape index (κ1) is 25.1. The number of hydrogen-bond donors (Lipinski definition) is 0. The van der Waals surface area contributed by atoms with Crippen LogP contribution in [0, 0.1) is 5.92 Å². The number of thiophene rings is 1. The molecule has 0 aliphatic carbocycles. The molecule has 6 nitrogen and oxygen atoms in total. The summed E-state index contributed by atoms with van der Waals surface area (Å²) in [6, 6.07) is 9.68. The molecular formula is C26H36N2O4S. The minimum atomic E-state index is -0.160. The minimum Gasteiger partial charge on any atom is -0.490 e. The number of carbonyl (C=O) groups is 2. The van der Waals surface area contributed by atoms with Gasteiger partial charge in [0.05, 0.1) is 24.0 Å². The largest absolute Gasteiger partial charge is 0.490 e. The second-order valence-corrected chi connectivity index (χ2v) is 9.34. The first-order valence-corrected chi connectivity index (χ1v) is 12.9. The molecule has 180 valence electrons. The van der Waals surface area contributed by atoms with E-state index in [1.165, 1.54) is 11.3 Å². The van der Waals surface area contributed by atoms with Crippen molar-refractivity contribution in [2.75, 3.05) is 32.8 Å². The second-order valence-electron chi connectivity index (χ2n) is 8.39. The zero-order valence-electron chi connectivity index (χ0n) is 20.0. The van der Waals surface area contributed by atoms with Crippen LogP contribution < -0.4 is 9.47 Å². The van der Waals surface area contributed by atoms with Crippen molar-refractivity contribution in [3.8, 4) is 11.5 Å². The van der Waals surface area contributed by atoms with Crippen LogP contribution in [0.15, 0.2) is 35.7 Å². The van der Waals surface area contributed by atoms with Crippen LogP contribution in [0.25, 0.3) is 0 Å². The molecule has 0 saturated carbocycles. The molecule has 1 unspecified atom stereocenters. The van der Waals surface area contributed by atoms with E-state index in [1.807, 2.05) is 52.4 Å². The zero-order chi connectivity index (χ0) is 23.6. The monoisotopic (exact) mass is 472 g/mol. The van der Waals surface area contributed by atoms with Crippen molar-refractivity contribution in [2.45, 2.75) is 53.0 Å². The first-order valence-electron chi connectivity index (χ1n) is 12.1. The van der Waals surface area contributed by atoms with Crippen molar-refractivity contribution in [1.29, 1.82) is 0 Å². The maximum absolute atomic E-state index is 13.5. The molecule has 0 bridgehead atoms. The third-order valence-corrected chi connectivity index (χ3v) is 6.60. The zero-order valence-corrected chi connectivity index (χ0v) is 20.9. The molecule has 7 heteroatoms. The van der Waals surface area contributed by atoms with Crippen molar-refractivity contribution in [2.24, 2.45) is 5.92 Å². The van der Waals surface area contributed by atoms with Crippen molar-refractivity contribution in [1.82, 2.24) is 9.80 Å². The van der Waals surface area contributed by atoms with Gasteiger partial charge in [-0.1, -0.05) is 26.0 Å². The number of piperidine rings is 1. The van der Waals surface area contributed by atoms with Gasteiger partial charge >= 0.3 is 0 Å². The Morgan fingerprint density at radius 1 is 1.12 bits per heavy atom. The highest BCUT2D eigenvalue weighted by Crippen LogP contribution is 2.30. The van der Waals surface area contributed by atoms with E-state index in [0.717, 1.165) is 47.6 Å². The highest BCUT2D eigenvalue weighted by molar-refractivity contribution is 7.12. The van der Waals surface area contributed by atoms with Crippen LogP contribution in [0.3, 0.4) is 0 Å². The lowest BCUT2D eigenvalue weighted by Crippen LogP contribution is -2.46. The molecule has 1 aromatic carbocycles. The van der Waals surface area contributed by atoms with Crippen molar-refractivity contribution in [3.05, 3.63) is 46.2 Å². The van der Waals surface area contributed by atoms with E-state index in [9.17, 15) is 9.59 Å². The first-order chi connectivity index (χ1) is 16.1. The van der Waals surface area contributed by atoms with Crippen LogP contribution in [-0.2, 0) is 11.3 Å². The molecule has 0 radical (unpaired) electrons. The topological polar surface area (TPSA) is 59.1 Å². The predicted molar refractivity (Wildman–Crippen MR) is 132 cm³/mol. The Kier molecular flexibility index (Phi) is 9.61. The summed E-state index contributed by atoms with van der Waals surface area (Å²) in [4.78, 5) is 30.8. The number of nitrogens with zero attached hydrogens (tertiary/aromatic N) is 2. The fourth-order valence-electron chi connectivity index (χ4n) is 4.19. The van der Waals surface area contributed by atoms with Crippen molar-refractivity contribution in [3.63, 3.8) is 0 Å². The molecular weight excluding hydrogens is 436 g/mol. The Bertz CT molecular complexity index is 900. The van der Waals surface area contributed by atoms with E-state index in [0.29, 0.717) is 39.4 Å². The van der Waals surface area contributed by atoms with Gasteiger partial charge in [-0.3, -0.25) is 9.59 Å². The Morgan fingerprint density at radius 3 is 2.67 bits per heavy atom. The molecule has 0 N–H and O–H groups in total. The normalized spacial score (nSPS) is 15.8. The van der Waals surface area contributed by atoms with Gasteiger partial charge in [-0.2, -0.15) is 0 Å². The third kappa shape index (κ3) is 6.73. The summed E-state index contributed by atoms with van der Waals surface area (Å²) in [6.45, 7) is 9.72. The average molecular weight is 473 g/mol. The fraction of sp³-hybridized carbons (Fsp3) is 0.538. The standard InChI is InChI=1S/C26H36N2O4S/c1-4-13-27(18-20-11-12-22(32-15-5-2)23(17-20)31-6-3)25(29)21-9-7-14-28(19-21)26(30)24-10-8-16-33-24/h8,10-12,16-17,21H,4-7,9,13-15,18-19H2,1-3H3. The molecule has 33 heavy (non-hydrogen) atoms. The Morgan fingerprint density at radius 2 is 1.97 bits per heavy atom. The minimum absolute atomic E-state index is 0.0357. The molecule has 1 fully saturated rings. The van der Waals surface area contributed by atoms with Gasteiger partial charge in [0.15, 0.2) is 11.5 Å². The van der Waals surface area contributed by atoms with Gasteiger partial charge in [0.1, 0.15) is 0 Å². The summed E-state index contributed by atoms with van der Waals surface area (Å²) < 4.78 is 11.6. The SMILES string of the molecule is CCCOc1ccc(CN(CCC)C(=O)C2CCCN(C(=O)c3cccs3)C2)cc1OCC. The molecule has 1 aromatic heterocycles. The van der Waals surface area contributed by atoms with Gasteiger partial charge in [-0.05, 0) is 61.7 Å². The van der Waals surface area contributed by atoms with Gasteiger partial charge in [-0.25, -0.2) is 0 Å². The second kappa shape index (κ2) is 12.6. The van der Waals surface area contributed by atoms with Crippen LogP contribution in [0.1, 0.15) is 61.7 Å². The highest BCUT2D eigenvalue weighted by Gasteiger charge is 2.31.